The Bertz CT molecular complexity index is 542. The minimum absolute atomic E-state index is 0.129. The van der Waals surface area contributed by atoms with Crippen LogP contribution in [0.1, 0.15) is 12.0 Å². The summed E-state index contributed by atoms with van der Waals surface area (Å²) in [4.78, 5) is 24.2. The second-order valence-corrected chi connectivity index (χ2v) is 4.31. The first kappa shape index (κ1) is 16.7. The third-order valence-electron chi connectivity index (χ3n) is 2.85. The Balaban J connectivity index is 2.61. The van der Waals surface area contributed by atoms with Crippen LogP contribution in [0.3, 0.4) is 0 Å². The van der Waals surface area contributed by atoms with Crippen molar-refractivity contribution in [1.82, 2.24) is 4.90 Å². The standard InChI is InChI=1S/C15H18FNO4/c1-17(9-8-15(19)21-3)14(18)7-5-11-4-6-13(20-2)12(16)10-11/h4-7,10H,8-9H2,1-3H3. The average Bonchev–Trinajstić information content (AvgIpc) is 2.49. The van der Waals surface area contributed by atoms with Gasteiger partial charge in [0.1, 0.15) is 0 Å². The molecule has 0 aromatic heterocycles. The van der Waals surface area contributed by atoms with Gasteiger partial charge in [0.2, 0.25) is 5.91 Å². The molecule has 0 unspecified atom stereocenters. The van der Waals surface area contributed by atoms with E-state index < -0.39 is 5.82 Å². The van der Waals surface area contributed by atoms with Gasteiger partial charge in [-0.05, 0) is 23.8 Å². The van der Waals surface area contributed by atoms with Crippen LogP contribution >= 0.6 is 0 Å². The van der Waals surface area contributed by atoms with Crippen LogP contribution in [-0.4, -0.2) is 44.6 Å². The maximum absolute atomic E-state index is 13.5. The maximum Gasteiger partial charge on any atom is 0.307 e. The molecule has 5 nitrogen and oxygen atoms in total. The number of rotatable bonds is 6. The van der Waals surface area contributed by atoms with Gasteiger partial charge in [-0.25, -0.2) is 4.39 Å². The lowest BCUT2D eigenvalue weighted by molar-refractivity contribution is -0.141. The van der Waals surface area contributed by atoms with Crippen LogP contribution in [0.15, 0.2) is 24.3 Å². The molecular weight excluding hydrogens is 277 g/mol. The fourth-order valence-corrected chi connectivity index (χ4v) is 1.55. The molecule has 0 saturated heterocycles. The van der Waals surface area contributed by atoms with Gasteiger partial charge in [-0.1, -0.05) is 6.07 Å². The van der Waals surface area contributed by atoms with Gasteiger partial charge < -0.3 is 14.4 Å². The smallest absolute Gasteiger partial charge is 0.307 e. The SMILES string of the molecule is COC(=O)CCN(C)C(=O)C=Cc1ccc(OC)c(F)c1. The molecule has 0 aliphatic carbocycles. The predicted molar refractivity (Wildman–Crippen MR) is 76.3 cm³/mol. The van der Waals surface area contributed by atoms with E-state index >= 15 is 0 Å². The van der Waals surface area contributed by atoms with Gasteiger partial charge in [-0.3, -0.25) is 9.59 Å². The summed E-state index contributed by atoms with van der Waals surface area (Å²) in [6, 6.07) is 4.40. The first-order valence-electron chi connectivity index (χ1n) is 6.31. The van der Waals surface area contributed by atoms with Crippen molar-refractivity contribution in [3.05, 3.63) is 35.7 Å². The monoisotopic (exact) mass is 295 g/mol. The summed E-state index contributed by atoms with van der Waals surface area (Å²) in [5, 5.41) is 0. The molecule has 0 bridgehead atoms. The van der Waals surface area contributed by atoms with Crippen LogP contribution in [-0.2, 0) is 14.3 Å². The molecule has 0 spiro atoms. The molecule has 0 N–H and O–H groups in total. The van der Waals surface area contributed by atoms with Crippen molar-refractivity contribution in [3.8, 4) is 5.75 Å². The van der Waals surface area contributed by atoms with Crippen molar-refractivity contribution >= 4 is 18.0 Å². The topological polar surface area (TPSA) is 55.8 Å². The van der Waals surface area contributed by atoms with Crippen LogP contribution in [0.2, 0.25) is 0 Å². The predicted octanol–water partition coefficient (Wildman–Crippen LogP) is 1.87. The highest BCUT2D eigenvalue weighted by molar-refractivity contribution is 5.91. The van der Waals surface area contributed by atoms with E-state index in [4.69, 9.17) is 4.74 Å². The zero-order valence-electron chi connectivity index (χ0n) is 12.3. The number of hydrogen-bond donors (Lipinski definition) is 0. The summed E-state index contributed by atoms with van der Waals surface area (Å²) in [6.07, 6.45) is 2.95. The summed E-state index contributed by atoms with van der Waals surface area (Å²) in [5.41, 5.74) is 0.544. The van der Waals surface area contributed by atoms with E-state index in [2.05, 4.69) is 4.74 Å². The highest BCUT2D eigenvalue weighted by atomic mass is 19.1. The van der Waals surface area contributed by atoms with E-state index in [1.165, 1.54) is 43.4 Å². The third-order valence-corrected chi connectivity index (χ3v) is 2.85. The molecule has 114 valence electrons. The summed E-state index contributed by atoms with van der Waals surface area (Å²) in [7, 11) is 4.25. The van der Waals surface area contributed by atoms with Gasteiger partial charge in [0.25, 0.3) is 0 Å². The lowest BCUT2D eigenvalue weighted by Crippen LogP contribution is -2.27. The number of carbonyl (C=O) groups is 2. The van der Waals surface area contributed by atoms with Crippen LogP contribution in [0.5, 0.6) is 5.75 Å². The molecule has 0 aliphatic rings. The molecule has 0 atom stereocenters. The van der Waals surface area contributed by atoms with Crippen molar-refractivity contribution in [2.24, 2.45) is 0 Å². The number of nitrogens with zero attached hydrogens (tertiary/aromatic N) is 1. The Morgan fingerprint density at radius 1 is 1.33 bits per heavy atom. The van der Waals surface area contributed by atoms with Gasteiger partial charge >= 0.3 is 5.97 Å². The lowest BCUT2D eigenvalue weighted by atomic mass is 10.2. The van der Waals surface area contributed by atoms with Crippen LogP contribution in [0, 0.1) is 5.82 Å². The maximum atomic E-state index is 13.5. The molecule has 0 aliphatic heterocycles. The van der Waals surface area contributed by atoms with Crippen LogP contribution in [0.25, 0.3) is 6.08 Å². The number of benzene rings is 1. The summed E-state index contributed by atoms with van der Waals surface area (Å²) < 4.78 is 22.8. The fourth-order valence-electron chi connectivity index (χ4n) is 1.55. The van der Waals surface area contributed by atoms with E-state index in [9.17, 15) is 14.0 Å². The number of esters is 1. The normalized spacial score (nSPS) is 10.5. The van der Waals surface area contributed by atoms with E-state index in [0.29, 0.717) is 5.56 Å². The Labute approximate surface area is 123 Å². The van der Waals surface area contributed by atoms with E-state index in [1.54, 1.807) is 13.1 Å². The molecule has 21 heavy (non-hydrogen) atoms. The molecular formula is C15H18FNO4. The molecule has 0 fully saturated rings. The lowest BCUT2D eigenvalue weighted by Gasteiger charge is -2.13. The number of carbonyl (C=O) groups excluding carboxylic acids is 2. The highest BCUT2D eigenvalue weighted by Crippen LogP contribution is 2.18. The largest absolute Gasteiger partial charge is 0.494 e. The molecule has 1 rings (SSSR count). The molecule has 0 saturated carbocycles. The third kappa shape index (κ3) is 5.25. The van der Waals surface area contributed by atoms with Crippen LogP contribution in [0.4, 0.5) is 4.39 Å². The summed E-state index contributed by atoms with van der Waals surface area (Å²) >= 11 is 0. The minimum atomic E-state index is -0.494. The molecule has 6 heteroatoms. The molecule has 1 aromatic carbocycles. The number of ether oxygens (including phenoxy) is 2. The summed E-state index contributed by atoms with van der Waals surface area (Å²) in [5.74, 6) is -1.01. The van der Waals surface area contributed by atoms with Gasteiger partial charge in [-0.2, -0.15) is 0 Å². The Kier molecular flexibility index (Phi) is 6.39. The first-order valence-corrected chi connectivity index (χ1v) is 6.31. The number of hydrogen-bond acceptors (Lipinski definition) is 4. The highest BCUT2D eigenvalue weighted by Gasteiger charge is 2.08. The Morgan fingerprint density at radius 3 is 2.62 bits per heavy atom. The van der Waals surface area contributed by atoms with Crippen molar-refractivity contribution in [2.45, 2.75) is 6.42 Å². The molecule has 0 radical (unpaired) electrons. The number of halogens is 1. The Morgan fingerprint density at radius 2 is 2.05 bits per heavy atom. The van der Waals surface area contributed by atoms with Crippen molar-refractivity contribution in [1.29, 1.82) is 0 Å². The second kappa shape index (κ2) is 8.04. The van der Waals surface area contributed by atoms with E-state index in [0.717, 1.165) is 0 Å². The first-order chi connectivity index (χ1) is 9.97. The zero-order chi connectivity index (χ0) is 15.8. The number of methoxy groups -OCH3 is 2. The van der Waals surface area contributed by atoms with Crippen molar-refractivity contribution < 1.29 is 23.5 Å². The van der Waals surface area contributed by atoms with Crippen molar-refractivity contribution in [2.75, 3.05) is 27.8 Å². The zero-order valence-corrected chi connectivity index (χ0v) is 12.3. The number of likely N-dealkylation sites (N-methyl/N-ethyl adjacent to an activating group) is 1. The second-order valence-electron chi connectivity index (χ2n) is 4.31. The van der Waals surface area contributed by atoms with Gasteiger partial charge in [0, 0.05) is 19.7 Å². The molecule has 1 amide bonds. The van der Waals surface area contributed by atoms with Gasteiger partial charge in [0.15, 0.2) is 11.6 Å². The Hall–Kier alpha value is -2.37. The number of amides is 1. The molecule has 0 heterocycles. The van der Waals surface area contributed by atoms with Gasteiger partial charge in [-0.15, -0.1) is 0 Å². The van der Waals surface area contributed by atoms with Gasteiger partial charge in [0.05, 0.1) is 20.6 Å². The van der Waals surface area contributed by atoms with Crippen LogP contribution < -0.4 is 4.74 Å². The summed E-state index contributed by atoms with van der Waals surface area (Å²) in [6.45, 7) is 0.257. The van der Waals surface area contributed by atoms with E-state index in [-0.39, 0.29) is 30.6 Å². The minimum Gasteiger partial charge on any atom is -0.494 e. The van der Waals surface area contributed by atoms with Crippen molar-refractivity contribution in [3.63, 3.8) is 0 Å². The fraction of sp³-hybridized carbons (Fsp3) is 0.333. The molecule has 1 aromatic rings. The van der Waals surface area contributed by atoms with E-state index in [1.807, 2.05) is 0 Å². The quantitative estimate of drug-likeness (QED) is 0.594. The average molecular weight is 295 g/mol.